The summed E-state index contributed by atoms with van der Waals surface area (Å²) in [5.74, 6) is -0.599. The van der Waals surface area contributed by atoms with E-state index in [-0.39, 0.29) is 17.5 Å². The monoisotopic (exact) mass is 355 g/mol. The molecule has 1 saturated carbocycles. The minimum Gasteiger partial charge on any atom is -0.478 e. The Kier molecular flexibility index (Phi) is 5.40. The van der Waals surface area contributed by atoms with Gasteiger partial charge in [0.2, 0.25) is 0 Å². The van der Waals surface area contributed by atoms with Gasteiger partial charge in [-0.2, -0.15) is 5.10 Å². The van der Waals surface area contributed by atoms with Gasteiger partial charge in [0.1, 0.15) is 0 Å². The van der Waals surface area contributed by atoms with Gasteiger partial charge < -0.3 is 10.4 Å². The van der Waals surface area contributed by atoms with Gasteiger partial charge in [0.15, 0.2) is 0 Å². The van der Waals surface area contributed by atoms with Crippen molar-refractivity contribution in [2.24, 2.45) is 0 Å². The van der Waals surface area contributed by atoms with Crippen LogP contribution in [0.15, 0.2) is 30.5 Å². The van der Waals surface area contributed by atoms with Crippen LogP contribution in [0.5, 0.6) is 0 Å². The second kappa shape index (κ2) is 7.72. The van der Waals surface area contributed by atoms with Crippen molar-refractivity contribution in [3.05, 3.63) is 52.8 Å². The summed E-state index contributed by atoms with van der Waals surface area (Å²) in [6, 6.07) is 7.09. The maximum atomic E-state index is 12.6. The fourth-order valence-corrected chi connectivity index (χ4v) is 3.11. The fourth-order valence-electron chi connectivity index (χ4n) is 3.11. The van der Waals surface area contributed by atoms with Gasteiger partial charge in [-0.05, 0) is 50.3 Å². The Morgan fingerprint density at radius 1 is 1.38 bits per heavy atom. The molecule has 1 atom stereocenters. The molecular weight excluding hydrogens is 330 g/mol. The van der Waals surface area contributed by atoms with Crippen LogP contribution in [-0.2, 0) is 6.42 Å². The lowest BCUT2D eigenvalue weighted by atomic mass is 10.1. The molecule has 1 aliphatic rings. The van der Waals surface area contributed by atoms with Gasteiger partial charge in [-0.25, -0.2) is 4.79 Å². The number of carboxylic acids is 1. The van der Waals surface area contributed by atoms with Crippen molar-refractivity contribution < 1.29 is 14.7 Å². The number of hydrogen-bond acceptors (Lipinski definition) is 3. The van der Waals surface area contributed by atoms with Crippen LogP contribution in [0.4, 0.5) is 0 Å². The normalized spacial score (nSPS) is 14.8. The average molecular weight is 355 g/mol. The minimum atomic E-state index is -0.942. The van der Waals surface area contributed by atoms with Gasteiger partial charge in [0, 0.05) is 18.5 Å². The molecule has 1 heterocycles. The lowest BCUT2D eigenvalue weighted by Gasteiger charge is -2.14. The standard InChI is InChI=1S/C20H25N3O3/c1-3-13(2)23-18(15-7-8-15)17(12-22-23)19(24)21-10-9-14-5-4-6-16(11-14)20(25)26/h4-6,11-13,15H,3,7-10H2,1-2H3,(H,21,24)(H,25,26)/t13-/m0/s1. The summed E-state index contributed by atoms with van der Waals surface area (Å²) in [6.45, 7) is 4.70. The number of nitrogens with one attached hydrogen (secondary N) is 1. The van der Waals surface area contributed by atoms with E-state index in [1.165, 1.54) is 0 Å². The first-order chi connectivity index (χ1) is 12.5. The topological polar surface area (TPSA) is 84.2 Å². The second-order valence-corrected chi connectivity index (χ2v) is 6.93. The summed E-state index contributed by atoms with van der Waals surface area (Å²) < 4.78 is 2.00. The van der Waals surface area contributed by atoms with E-state index in [2.05, 4.69) is 24.3 Å². The highest BCUT2D eigenvalue weighted by Crippen LogP contribution is 2.42. The maximum Gasteiger partial charge on any atom is 0.335 e. The van der Waals surface area contributed by atoms with E-state index in [0.717, 1.165) is 30.5 Å². The number of aromatic carboxylic acids is 1. The number of rotatable bonds is 8. The van der Waals surface area contributed by atoms with Gasteiger partial charge in [0.05, 0.1) is 23.0 Å². The predicted octanol–water partition coefficient (Wildman–Crippen LogP) is 3.40. The van der Waals surface area contributed by atoms with E-state index >= 15 is 0 Å². The van der Waals surface area contributed by atoms with E-state index in [9.17, 15) is 9.59 Å². The zero-order valence-electron chi connectivity index (χ0n) is 15.2. The molecule has 0 unspecified atom stereocenters. The Hall–Kier alpha value is -2.63. The van der Waals surface area contributed by atoms with Crippen molar-refractivity contribution in [3.8, 4) is 0 Å². The number of hydrogen-bond donors (Lipinski definition) is 2. The van der Waals surface area contributed by atoms with Gasteiger partial charge in [-0.3, -0.25) is 9.48 Å². The highest BCUT2D eigenvalue weighted by molar-refractivity contribution is 5.95. The molecule has 1 amide bonds. The minimum absolute atomic E-state index is 0.101. The van der Waals surface area contributed by atoms with E-state index in [0.29, 0.717) is 24.4 Å². The molecule has 1 aromatic heterocycles. The summed E-state index contributed by atoms with van der Waals surface area (Å²) in [6.07, 6.45) is 5.47. The van der Waals surface area contributed by atoms with Crippen LogP contribution in [-0.4, -0.2) is 33.3 Å². The molecule has 6 nitrogen and oxygen atoms in total. The molecule has 3 rings (SSSR count). The highest BCUT2D eigenvalue weighted by Gasteiger charge is 2.33. The van der Waals surface area contributed by atoms with Crippen LogP contribution in [0, 0.1) is 0 Å². The number of carboxylic acid groups (broad SMARTS) is 1. The van der Waals surface area contributed by atoms with Crippen molar-refractivity contribution in [1.82, 2.24) is 15.1 Å². The number of carbonyl (C=O) groups is 2. The molecule has 0 spiro atoms. The van der Waals surface area contributed by atoms with Crippen LogP contribution < -0.4 is 5.32 Å². The predicted molar refractivity (Wildman–Crippen MR) is 98.6 cm³/mol. The van der Waals surface area contributed by atoms with Crippen LogP contribution in [0.25, 0.3) is 0 Å². The molecule has 0 aliphatic heterocycles. The van der Waals surface area contributed by atoms with Crippen molar-refractivity contribution in [1.29, 1.82) is 0 Å². The number of carbonyl (C=O) groups excluding carboxylic acids is 1. The smallest absolute Gasteiger partial charge is 0.335 e. The van der Waals surface area contributed by atoms with E-state index < -0.39 is 5.97 Å². The Balaban J connectivity index is 1.65. The quantitative estimate of drug-likeness (QED) is 0.760. The lowest BCUT2D eigenvalue weighted by molar-refractivity contribution is 0.0696. The van der Waals surface area contributed by atoms with E-state index in [1.54, 1.807) is 24.4 Å². The van der Waals surface area contributed by atoms with Crippen molar-refractivity contribution in [3.63, 3.8) is 0 Å². The zero-order valence-corrected chi connectivity index (χ0v) is 15.2. The Bertz CT molecular complexity index is 808. The third-order valence-electron chi connectivity index (χ3n) is 4.92. The molecule has 26 heavy (non-hydrogen) atoms. The molecule has 1 aliphatic carbocycles. The van der Waals surface area contributed by atoms with Gasteiger partial charge in [0.25, 0.3) is 5.91 Å². The summed E-state index contributed by atoms with van der Waals surface area (Å²) >= 11 is 0. The van der Waals surface area contributed by atoms with E-state index in [1.807, 2.05) is 10.7 Å². The average Bonchev–Trinajstić information content (AvgIpc) is 3.39. The molecule has 1 aromatic carbocycles. The first-order valence-corrected chi connectivity index (χ1v) is 9.19. The van der Waals surface area contributed by atoms with Crippen LogP contribution in [0.3, 0.4) is 0 Å². The zero-order chi connectivity index (χ0) is 18.7. The molecule has 0 bridgehead atoms. The Labute approximate surface area is 153 Å². The SMILES string of the molecule is CC[C@H](C)n1ncc(C(=O)NCCc2cccc(C(=O)O)c2)c1C1CC1. The first-order valence-electron chi connectivity index (χ1n) is 9.19. The summed E-state index contributed by atoms with van der Waals surface area (Å²) in [5, 5.41) is 16.5. The number of aromatic nitrogens is 2. The third kappa shape index (κ3) is 3.95. The molecule has 0 saturated heterocycles. The summed E-state index contributed by atoms with van der Waals surface area (Å²) in [5.41, 5.74) is 2.89. The third-order valence-corrected chi connectivity index (χ3v) is 4.92. The van der Waals surface area contributed by atoms with Crippen molar-refractivity contribution in [2.45, 2.75) is 51.5 Å². The Morgan fingerprint density at radius 3 is 2.81 bits per heavy atom. The number of amides is 1. The molecule has 2 aromatic rings. The van der Waals surface area contributed by atoms with Gasteiger partial charge in [-0.1, -0.05) is 19.1 Å². The molecule has 2 N–H and O–H groups in total. The molecular formula is C20H25N3O3. The van der Waals surface area contributed by atoms with E-state index in [4.69, 9.17) is 5.11 Å². The second-order valence-electron chi connectivity index (χ2n) is 6.93. The maximum absolute atomic E-state index is 12.6. The summed E-state index contributed by atoms with van der Waals surface area (Å²) in [4.78, 5) is 23.7. The van der Waals surface area contributed by atoms with Crippen LogP contribution >= 0.6 is 0 Å². The summed E-state index contributed by atoms with van der Waals surface area (Å²) in [7, 11) is 0. The van der Waals surface area contributed by atoms with Crippen molar-refractivity contribution in [2.75, 3.05) is 6.54 Å². The number of nitrogens with zero attached hydrogens (tertiary/aromatic N) is 2. The largest absolute Gasteiger partial charge is 0.478 e. The number of benzene rings is 1. The lowest BCUT2D eigenvalue weighted by Crippen LogP contribution is -2.26. The highest BCUT2D eigenvalue weighted by atomic mass is 16.4. The molecule has 138 valence electrons. The van der Waals surface area contributed by atoms with Crippen LogP contribution in [0.1, 0.15) is 77.0 Å². The van der Waals surface area contributed by atoms with Gasteiger partial charge in [-0.15, -0.1) is 0 Å². The first kappa shape index (κ1) is 18.2. The van der Waals surface area contributed by atoms with Crippen LogP contribution in [0.2, 0.25) is 0 Å². The molecule has 0 radical (unpaired) electrons. The van der Waals surface area contributed by atoms with Crippen molar-refractivity contribution >= 4 is 11.9 Å². The molecule has 1 fully saturated rings. The Morgan fingerprint density at radius 2 is 2.15 bits per heavy atom. The fraction of sp³-hybridized carbons (Fsp3) is 0.450. The van der Waals surface area contributed by atoms with Gasteiger partial charge >= 0.3 is 5.97 Å². The molecule has 6 heteroatoms.